The van der Waals surface area contributed by atoms with E-state index >= 15 is 0 Å². The Morgan fingerprint density at radius 2 is 1.54 bits per heavy atom. The van der Waals surface area contributed by atoms with E-state index in [2.05, 4.69) is 5.32 Å². The number of amides is 4. The van der Waals surface area contributed by atoms with Crippen LogP contribution >= 0.6 is 0 Å². The average Bonchev–Trinajstić information content (AvgIpc) is 2.89. The topological polar surface area (TPSA) is 69.7 Å². The van der Waals surface area contributed by atoms with E-state index in [0.717, 1.165) is 16.7 Å². The summed E-state index contributed by atoms with van der Waals surface area (Å²) in [6.45, 7) is 6.51. The number of nitrogens with zero attached hydrogens (tertiary/aromatic N) is 2. The second-order valence-corrected chi connectivity index (χ2v) is 7.08. The third kappa shape index (κ3) is 4.06. The first-order valence-corrected chi connectivity index (χ1v) is 9.44. The van der Waals surface area contributed by atoms with E-state index in [1.807, 2.05) is 57.2 Å². The Kier molecular flexibility index (Phi) is 5.78. The van der Waals surface area contributed by atoms with E-state index in [1.54, 1.807) is 12.1 Å². The van der Waals surface area contributed by atoms with Crippen LogP contribution in [0.25, 0.3) is 0 Å². The normalized spacial score (nSPS) is 16.6. The van der Waals surface area contributed by atoms with Gasteiger partial charge in [0.05, 0.1) is 12.1 Å². The predicted octanol–water partition coefficient (Wildman–Crippen LogP) is 3.17. The maximum absolute atomic E-state index is 13.1. The van der Waals surface area contributed by atoms with Crippen molar-refractivity contribution < 1.29 is 14.4 Å². The van der Waals surface area contributed by atoms with Crippen LogP contribution in [0.3, 0.4) is 0 Å². The number of urea groups is 1. The summed E-state index contributed by atoms with van der Waals surface area (Å²) in [5, 5.41) is 2.71. The molecule has 1 aliphatic rings. The Bertz CT molecular complexity index is 875. The molecule has 28 heavy (non-hydrogen) atoms. The van der Waals surface area contributed by atoms with Crippen LogP contribution in [0.15, 0.2) is 48.5 Å². The van der Waals surface area contributed by atoms with Gasteiger partial charge in [0.1, 0.15) is 6.04 Å². The van der Waals surface area contributed by atoms with Gasteiger partial charge in [-0.2, -0.15) is 0 Å². The first kappa shape index (κ1) is 19.6. The van der Waals surface area contributed by atoms with Crippen molar-refractivity contribution in [3.05, 3.63) is 65.2 Å². The fraction of sp³-hybridized carbons (Fsp3) is 0.318. The second-order valence-electron chi connectivity index (χ2n) is 7.08. The zero-order chi connectivity index (χ0) is 20.3. The van der Waals surface area contributed by atoms with Crippen molar-refractivity contribution in [3.63, 3.8) is 0 Å². The smallest absolute Gasteiger partial charge is 0.332 e. The number of hydrogen-bond acceptors (Lipinski definition) is 3. The Hall–Kier alpha value is -3.15. The van der Waals surface area contributed by atoms with Crippen molar-refractivity contribution in [2.45, 2.75) is 39.8 Å². The lowest BCUT2D eigenvalue weighted by Crippen LogP contribution is -2.39. The summed E-state index contributed by atoms with van der Waals surface area (Å²) in [7, 11) is 0. The quantitative estimate of drug-likeness (QED) is 0.784. The largest absolute Gasteiger partial charge is 0.356 e. The number of anilines is 1. The van der Waals surface area contributed by atoms with E-state index in [-0.39, 0.29) is 24.8 Å². The summed E-state index contributed by atoms with van der Waals surface area (Å²) in [6.07, 6.45) is -0.0490. The molecule has 1 fully saturated rings. The Balaban J connectivity index is 1.91. The van der Waals surface area contributed by atoms with Crippen molar-refractivity contribution in [1.29, 1.82) is 0 Å². The molecule has 0 spiro atoms. The predicted molar refractivity (Wildman–Crippen MR) is 108 cm³/mol. The molecule has 6 heteroatoms. The highest BCUT2D eigenvalue weighted by molar-refractivity contribution is 6.22. The molecule has 2 aromatic carbocycles. The number of imide groups is 1. The highest BCUT2D eigenvalue weighted by Gasteiger charge is 2.46. The molecule has 0 radical (unpaired) electrons. The van der Waals surface area contributed by atoms with Crippen LogP contribution < -0.4 is 10.2 Å². The number of benzene rings is 2. The van der Waals surface area contributed by atoms with E-state index in [1.165, 1.54) is 9.80 Å². The first-order chi connectivity index (χ1) is 13.4. The molecule has 0 unspecified atom stereocenters. The monoisotopic (exact) mass is 379 g/mol. The molecular weight excluding hydrogens is 354 g/mol. The van der Waals surface area contributed by atoms with Crippen molar-refractivity contribution in [2.24, 2.45) is 0 Å². The fourth-order valence-corrected chi connectivity index (χ4v) is 3.28. The SMILES string of the molecule is CCNC(=O)C[C@@H]1C(=O)N(c2ccc(C)cc2)C(=O)N1Cc1ccc(C)cc1. The van der Waals surface area contributed by atoms with Crippen molar-refractivity contribution >= 4 is 23.5 Å². The van der Waals surface area contributed by atoms with Gasteiger partial charge >= 0.3 is 6.03 Å². The van der Waals surface area contributed by atoms with Gasteiger partial charge in [-0.3, -0.25) is 9.59 Å². The number of carbonyl (C=O) groups excluding carboxylic acids is 3. The molecule has 6 nitrogen and oxygen atoms in total. The molecule has 2 aromatic rings. The van der Waals surface area contributed by atoms with Crippen LogP contribution in [0.5, 0.6) is 0 Å². The van der Waals surface area contributed by atoms with Crippen molar-refractivity contribution in [2.75, 3.05) is 11.4 Å². The minimum atomic E-state index is -0.818. The molecule has 1 atom stereocenters. The van der Waals surface area contributed by atoms with Gasteiger partial charge in [0.15, 0.2) is 0 Å². The summed E-state index contributed by atoms with van der Waals surface area (Å²) < 4.78 is 0. The van der Waals surface area contributed by atoms with Gasteiger partial charge in [-0.1, -0.05) is 47.5 Å². The van der Waals surface area contributed by atoms with Crippen LogP contribution in [0.4, 0.5) is 10.5 Å². The molecule has 1 heterocycles. The molecule has 4 amide bonds. The lowest BCUT2D eigenvalue weighted by Gasteiger charge is -2.21. The van der Waals surface area contributed by atoms with Crippen LogP contribution in [0.2, 0.25) is 0 Å². The minimum absolute atomic E-state index is 0.0490. The molecular formula is C22H25N3O3. The van der Waals surface area contributed by atoms with E-state index in [0.29, 0.717) is 12.2 Å². The van der Waals surface area contributed by atoms with Gasteiger partial charge in [-0.15, -0.1) is 0 Å². The molecule has 1 saturated heterocycles. The van der Waals surface area contributed by atoms with E-state index in [9.17, 15) is 14.4 Å². The summed E-state index contributed by atoms with van der Waals surface area (Å²) in [5.74, 6) is -0.611. The van der Waals surface area contributed by atoms with Gasteiger partial charge in [0.2, 0.25) is 5.91 Å². The Morgan fingerprint density at radius 3 is 2.11 bits per heavy atom. The standard InChI is InChI=1S/C22H25N3O3/c1-4-23-20(26)13-19-21(27)25(18-11-7-16(3)8-12-18)22(28)24(19)14-17-9-5-15(2)6-10-17/h5-12,19H,4,13-14H2,1-3H3,(H,23,26)/t19-/m1/s1. The second kappa shape index (κ2) is 8.25. The molecule has 1 N–H and O–H groups in total. The third-order valence-electron chi connectivity index (χ3n) is 4.84. The lowest BCUT2D eigenvalue weighted by atomic mass is 10.1. The summed E-state index contributed by atoms with van der Waals surface area (Å²) in [6, 6.07) is 13.8. The highest BCUT2D eigenvalue weighted by atomic mass is 16.2. The molecule has 0 saturated carbocycles. The summed E-state index contributed by atoms with van der Waals surface area (Å²) in [4.78, 5) is 41.0. The van der Waals surface area contributed by atoms with Gasteiger partial charge in [-0.25, -0.2) is 9.69 Å². The summed E-state index contributed by atoms with van der Waals surface area (Å²) in [5.41, 5.74) is 3.59. The van der Waals surface area contributed by atoms with Crippen LogP contribution in [-0.2, 0) is 16.1 Å². The van der Waals surface area contributed by atoms with Gasteiger partial charge in [0, 0.05) is 13.1 Å². The zero-order valence-corrected chi connectivity index (χ0v) is 16.4. The minimum Gasteiger partial charge on any atom is -0.356 e. The summed E-state index contributed by atoms with van der Waals surface area (Å²) >= 11 is 0. The van der Waals surface area contributed by atoms with Crippen molar-refractivity contribution in [3.8, 4) is 0 Å². The number of rotatable bonds is 6. The molecule has 0 aromatic heterocycles. The average molecular weight is 379 g/mol. The third-order valence-corrected chi connectivity index (χ3v) is 4.84. The molecule has 146 valence electrons. The molecule has 1 aliphatic heterocycles. The maximum atomic E-state index is 13.1. The fourth-order valence-electron chi connectivity index (χ4n) is 3.28. The number of nitrogens with one attached hydrogen (secondary N) is 1. The zero-order valence-electron chi connectivity index (χ0n) is 16.4. The Labute approximate surface area is 165 Å². The molecule has 0 aliphatic carbocycles. The number of carbonyl (C=O) groups is 3. The van der Waals surface area contributed by atoms with E-state index < -0.39 is 12.1 Å². The van der Waals surface area contributed by atoms with Gasteiger partial charge < -0.3 is 10.2 Å². The van der Waals surface area contributed by atoms with Crippen LogP contribution in [0, 0.1) is 13.8 Å². The van der Waals surface area contributed by atoms with Gasteiger partial charge in [-0.05, 0) is 38.5 Å². The Morgan fingerprint density at radius 1 is 0.964 bits per heavy atom. The van der Waals surface area contributed by atoms with E-state index in [4.69, 9.17) is 0 Å². The highest BCUT2D eigenvalue weighted by Crippen LogP contribution is 2.28. The lowest BCUT2D eigenvalue weighted by molar-refractivity contribution is -0.127. The van der Waals surface area contributed by atoms with Gasteiger partial charge in [0.25, 0.3) is 5.91 Å². The first-order valence-electron chi connectivity index (χ1n) is 9.44. The van der Waals surface area contributed by atoms with Crippen molar-refractivity contribution in [1.82, 2.24) is 10.2 Å². The molecule has 0 bridgehead atoms. The maximum Gasteiger partial charge on any atom is 0.332 e. The van der Waals surface area contributed by atoms with Crippen LogP contribution in [0.1, 0.15) is 30.0 Å². The number of hydrogen-bond donors (Lipinski definition) is 1. The number of aryl methyl sites for hydroxylation is 2. The van der Waals surface area contributed by atoms with Crippen LogP contribution in [-0.4, -0.2) is 35.3 Å². The molecule has 3 rings (SSSR count).